The number of thioether (sulfide) groups is 1. The highest BCUT2D eigenvalue weighted by Crippen LogP contribution is 2.28. The Hall–Kier alpha value is -3.61. The van der Waals surface area contributed by atoms with E-state index in [1.165, 1.54) is 4.90 Å². The van der Waals surface area contributed by atoms with Crippen molar-refractivity contribution in [3.8, 4) is 0 Å². The number of hydrogen-bond donors (Lipinski definition) is 5. The van der Waals surface area contributed by atoms with E-state index in [4.69, 9.17) is 17.3 Å². The fourth-order valence-electron chi connectivity index (χ4n) is 4.46. The van der Waals surface area contributed by atoms with E-state index >= 15 is 0 Å². The molecule has 1 unspecified atom stereocenters. The monoisotopic (exact) mass is 586 g/mol. The first-order chi connectivity index (χ1) is 19.1. The van der Waals surface area contributed by atoms with Gasteiger partial charge in [-0.15, -0.1) is 11.8 Å². The highest BCUT2D eigenvalue weighted by atomic mass is 35.5. The Balaban J connectivity index is 1.24. The molecule has 0 spiro atoms. The second kappa shape index (κ2) is 13.2. The largest absolute Gasteiger partial charge is 0.346 e. The molecule has 2 aromatic rings. The number of anilines is 1. The van der Waals surface area contributed by atoms with Crippen LogP contribution in [0.1, 0.15) is 46.8 Å². The molecule has 2 aromatic carbocycles. The van der Waals surface area contributed by atoms with Gasteiger partial charge in [0.2, 0.25) is 17.7 Å². The van der Waals surface area contributed by atoms with Crippen molar-refractivity contribution in [1.82, 2.24) is 20.9 Å². The Labute approximate surface area is 240 Å². The summed E-state index contributed by atoms with van der Waals surface area (Å²) in [5.74, 6) is 0.00756. The van der Waals surface area contributed by atoms with Crippen molar-refractivity contribution in [2.45, 2.75) is 51.4 Å². The molecule has 2 heterocycles. The summed E-state index contributed by atoms with van der Waals surface area (Å²) < 4.78 is 0. The van der Waals surface area contributed by atoms with Gasteiger partial charge in [0.25, 0.3) is 5.91 Å². The van der Waals surface area contributed by atoms with Crippen LogP contribution in [0.4, 0.5) is 10.5 Å². The third kappa shape index (κ3) is 7.32. The zero-order valence-electron chi connectivity index (χ0n) is 21.9. The van der Waals surface area contributed by atoms with E-state index in [0.717, 1.165) is 22.4 Å². The minimum Gasteiger partial charge on any atom is -0.346 e. The van der Waals surface area contributed by atoms with Crippen molar-refractivity contribution >= 4 is 58.7 Å². The zero-order chi connectivity index (χ0) is 28.8. The van der Waals surface area contributed by atoms with E-state index in [9.17, 15) is 24.0 Å². The Bertz CT molecular complexity index is 1340. The average molecular weight is 587 g/mol. The molecule has 6 amide bonds. The smallest absolute Gasteiger partial charge is 0.319 e. The molecule has 0 radical (unpaired) electrons. The summed E-state index contributed by atoms with van der Waals surface area (Å²) in [6.07, 6.45) is 1.20. The van der Waals surface area contributed by atoms with E-state index in [1.807, 2.05) is 12.1 Å². The van der Waals surface area contributed by atoms with Gasteiger partial charge in [-0.2, -0.15) is 0 Å². The van der Waals surface area contributed by atoms with Gasteiger partial charge in [0.15, 0.2) is 0 Å². The van der Waals surface area contributed by atoms with Crippen LogP contribution in [-0.4, -0.2) is 58.3 Å². The summed E-state index contributed by atoms with van der Waals surface area (Å²) in [7, 11) is 0. The predicted octanol–water partition coefficient (Wildman–Crippen LogP) is 2.12. The number of nitrogens with zero attached hydrogens (tertiary/aromatic N) is 1. The van der Waals surface area contributed by atoms with Crippen molar-refractivity contribution in [2.75, 3.05) is 16.9 Å². The van der Waals surface area contributed by atoms with Gasteiger partial charge in [-0.1, -0.05) is 29.8 Å². The summed E-state index contributed by atoms with van der Waals surface area (Å²) in [5.41, 5.74) is 9.07. The SMILES string of the molecule is C[C@H](N)C(=O)NCSCCc1ccc(NC(=O)NCc2ccc3c(c2)CN(C2CCC(=O)NC2=O)C3=O)cc1Cl. The maximum absolute atomic E-state index is 12.8. The second-order valence-electron chi connectivity index (χ2n) is 9.64. The fraction of sp³-hybridized carbons (Fsp3) is 0.370. The number of imide groups is 1. The number of piperidine rings is 1. The lowest BCUT2D eigenvalue weighted by molar-refractivity contribution is -0.137. The lowest BCUT2D eigenvalue weighted by atomic mass is 10.0. The molecule has 0 bridgehead atoms. The summed E-state index contributed by atoms with van der Waals surface area (Å²) in [6.45, 7) is 2.13. The molecule has 1 fully saturated rings. The third-order valence-corrected chi connectivity index (χ3v) is 7.82. The molecule has 1 saturated heterocycles. The number of nitrogens with one attached hydrogen (secondary N) is 4. The first kappa shape index (κ1) is 29.4. The summed E-state index contributed by atoms with van der Waals surface area (Å²) in [6, 6.07) is 8.98. The van der Waals surface area contributed by atoms with Crippen LogP contribution in [0.2, 0.25) is 5.02 Å². The van der Waals surface area contributed by atoms with Gasteiger partial charge in [0.1, 0.15) is 6.04 Å². The normalized spacial score (nSPS) is 17.2. The van der Waals surface area contributed by atoms with Gasteiger partial charge in [0.05, 0.1) is 11.9 Å². The van der Waals surface area contributed by atoms with Crippen LogP contribution in [-0.2, 0) is 33.9 Å². The number of rotatable bonds is 10. The molecule has 40 heavy (non-hydrogen) atoms. The molecular weight excluding hydrogens is 556 g/mol. The van der Waals surface area contributed by atoms with Crippen LogP contribution >= 0.6 is 23.4 Å². The molecule has 212 valence electrons. The number of nitrogens with two attached hydrogens (primary N) is 1. The molecule has 2 aliphatic rings. The summed E-state index contributed by atoms with van der Waals surface area (Å²) >= 11 is 7.96. The molecule has 13 heteroatoms. The highest BCUT2D eigenvalue weighted by molar-refractivity contribution is 7.99. The van der Waals surface area contributed by atoms with Crippen molar-refractivity contribution < 1.29 is 24.0 Å². The fourth-order valence-corrected chi connectivity index (χ4v) is 5.49. The maximum Gasteiger partial charge on any atom is 0.319 e. The molecule has 2 aliphatic heterocycles. The molecule has 4 rings (SSSR count). The van der Waals surface area contributed by atoms with E-state index in [-0.39, 0.29) is 37.2 Å². The quantitative estimate of drug-likeness (QED) is 0.162. The lowest BCUT2D eigenvalue weighted by Gasteiger charge is -2.29. The van der Waals surface area contributed by atoms with Crippen LogP contribution in [0.15, 0.2) is 36.4 Å². The number of fused-ring (bicyclic) bond motifs is 1. The van der Waals surface area contributed by atoms with Gasteiger partial charge < -0.3 is 26.6 Å². The Morgan fingerprint density at radius 2 is 1.98 bits per heavy atom. The van der Waals surface area contributed by atoms with Crippen molar-refractivity contribution in [1.29, 1.82) is 0 Å². The molecule has 0 aromatic heterocycles. The summed E-state index contributed by atoms with van der Waals surface area (Å²) in [5, 5.41) is 11.1. The molecule has 0 aliphatic carbocycles. The van der Waals surface area contributed by atoms with E-state index in [0.29, 0.717) is 35.0 Å². The number of amides is 6. The number of carbonyl (C=O) groups is 5. The Kier molecular flexibility index (Phi) is 9.67. The van der Waals surface area contributed by atoms with E-state index in [1.54, 1.807) is 43.0 Å². The topological polar surface area (TPSA) is 163 Å². The van der Waals surface area contributed by atoms with Crippen molar-refractivity contribution in [3.05, 3.63) is 63.7 Å². The number of halogens is 1. The number of aryl methyl sites for hydroxylation is 1. The molecule has 0 saturated carbocycles. The first-order valence-electron chi connectivity index (χ1n) is 12.8. The zero-order valence-corrected chi connectivity index (χ0v) is 23.5. The minimum absolute atomic E-state index is 0.193. The van der Waals surface area contributed by atoms with Crippen LogP contribution in [0.25, 0.3) is 0 Å². The lowest BCUT2D eigenvalue weighted by Crippen LogP contribution is -2.52. The average Bonchev–Trinajstić information content (AvgIpc) is 3.23. The second-order valence-corrected chi connectivity index (χ2v) is 11.1. The van der Waals surface area contributed by atoms with Crippen LogP contribution in [0, 0.1) is 0 Å². The van der Waals surface area contributed by atoms with E-state index in [2.05, 4.69) is 21.3 Å². The summed E-state index contributed by atoms with van der Waals surface area (Å²) in [4.78, 5) is 62.0. The molecule has 6 N–H and O–H groups in total. The number of benzene rings is 2. The Morgan fingerprint density at radius 1 is 1.18 bits per heavy atom. The van der Waals surface area contributed by atoms with E-state index < -0.39 is 24.0 Å². The van der Waals surface area contributed by atoms with Crippen LogP contribution in [0.5, 0.6) is 0 Å². The van der Waals surface area contributed by atoms with Gasteiger partial charge in [0, 0.05) is 35.8 Å². The minimum atomic E-state index is -0.671. The van der Waals surface area contributed by atoms with Crippen molar-refractivity contribution in [2.24, 2.45) is 5.73 Å². The van der Waals surface area contributed by atoms with Crippen LogP contribution in [0.3, 0.4) is 0 Å². The predicted molar refractivity (Wildman–Crippen MR) is 153 cm³/mol. The first-order valence-corrected chi connectivity index (χ1v) is 14.4. The highest BCUT2D eigenvalue weighted by Gasteiger charge is 2.39. The van der Waals surface area contributed by atoms with Crippen molar-refractivity contribution in [3.63, 3.8) is 0 Å². The maximum atomic E-state index is 12.8. The molecule has 2 atom stereocenters. The van der Waals surface area contributed by atoms with Gasteiger partial charge in [-0.3, -0.25) is 24.5 Å². The number of urea groups is 1. The number of hydrogen-bond acceptors (Lipinski definition) is 7. The molecule has 11 nitrogen and oxygen atoms in total. The standard InChI is InChI=1S/C27H31ClN6O5S/c1-15(29)24(36)31-14-40-9-8-17-3-4-19(11-21(17)28)32-27(39)30-12-16-2-5-20-18(10-16)13-34(26(20)38)22-6-7-23(35)33-25(22)37/h2-5,10-11,15,22H,6-9,12-14,29H2,1H3,(H,31,36)(H2,30,32,39)(H,33,35,37)/t15-,22?/m0/s1. The van der Waals surface area contributed by atoms with Gasteiger partial charge in [-0.25, -0.2) is 4.79 Å². The Morgan fingerprint density at radius 3 is 2.70 bits per heavy atom. The van der Waals surface area contributed by atoms with Gasteiger partial charge >= 0.3 is 6.03 Å². The third-order valence-electron chi connectivity index (χ3n) is 6.63. The molecular formula is C27H31ClN6O5S. The number of carbonyl (C=O) groups excluding carboxylic acids is 5. The van der Waals surface area contributed by atoms with Gasteiger partial charge in [-0.05, 0) is 60.4 Å². The van der Waals surface area contributed by atoms with Crippen LogP contribution < -0.4 is 27.0 Å².